The van der Waals surface area contributed by atoms with E-state index >= 15 is 0 Å². The summed E-state index contributed by atoms with van der Waals surface area (Å²) in [4.78, 5) is 13.0. The van der Waals surface area contributed by atoms with Crippen molar-refractivity contribution in [3.05, 3.63) is 23.8 Å². The molecular weight excluding hydrogens is 520 g/mol. The number of aliphatic hydroxyl groups excluding tert-OH is 2. The van der Waals surface area contributed by atoms with Gasteiger partial charge >= 0.3 is 0 Å². The largest absolute Gasteiger partial charge is 0.493 e. The fourth-order valence-corrected chi connectivity index (χ4v) is 5.33. The standard InChI is InChI=1S/C30H52N2O6.ClH/c1-20(2)22(15-21-11-12-27(37-6)28(16-21)38-14-8-13-36-5)17-25(31)26(34)19-32-29(35)30(3,4)23-9-7-10-24(33)18-23;/h11-12,16,20,22-26,33-34H,7-10,13-15,17-19,31H2,1-6H3,(H,32,35);1H/t22-,23+,24-,25-,26-;/m0./s1. The van der Waals surface area contributed by atoms with Crippen LogP contribution in [0.5, 0.6) is 11.5 Å². The highest BCUT2D eigenvalue weighted by Gasteiger charge is 2.39. The number of halogens is 1. The Kier molecular flexibility index (Phi) is 15.7. The lowest BCUT2D eigenvalue weighted by molar-refractivity contribution is -0.134. The minimum absolute atomic E-state index is 0. The van der Waals surface area contributed by atoms with Crippen molar-refractivity contribution in [1.29, 1.82) is 0 Å². The van der Waals surface area contributed by atoms with Crippen LogP contribution in [-0.4, -0.2) is 68.3 Å². The summed E-state index contributed by atoms with van der Waals surface area (Å²) in [6.07, 6.45) is 4.34. The number of rotatable bonds is 16. The maximum atomic E-state index is 13.0. The van der Waals surface area contributed by atoms with Gasteiger partial charge in [-0.15, -0.1) is 12.4 Å². The van der Waals surface area contributed by atoms with E-state index in [4.69, 9.17) is 19.9 Å². The first-order valence-electron chi connectivity index (χ1n) is 14.2. The summed E-state index contributed by atoms with van der Waals surface area (Å²) in [6.45, 7) is 9.48. The Morgan fingerprint density at radius 2 is 1.90 bits per heavy atom. The van der Waals surface area contributed by atoms with Gasteiger partial charge in [-0.05, 0) is 67.6 Å². The van der Waals surface area contributed by atoms with Crippen LogP contribution in [0.15, 0.2) is 18.2 Å². The van der Waals surface area contributed by atoms with Gasteiger partial charge in [0.2, 0.25) is 5.91 Å². The van der Waals surface area contributed by atoms with Crippen molar-refractivity contribution in [3.63, 3.8) is 0 Å². The molecule has 0 unspecified atom stereocenters. The number of nitrogens with one attached hydrogen (secondary N) is 1. The minimum Gasteiger partial charge on any atom is -0.493 e. The average molecular weight is 573 g/mol. The fraction of sp³-hybridized carbons (Fsp3) is 0.767. The number of hydrogen-bond acceptors (Lipinski definition) is 7. The van der Waals surface area contributed by atoms with E-state index in [9.17, 15) is 15.0 Å². The minimum atomic E-state index is -0.844. The Labute approximate surface area is 241 Å². The van der Waals surface area contributed by atoms with Crippen LogP contribution in [0.2, 0.25) is 0 Å². The molecule has 1 aromatic carbocycles. The van der Waals surface area contributed by atoms with E-state index in [0.717, 1.165) is 37.7 Å². The molecule has 0 aliphatic heterocycles. The van der Waals surface area contributed by atoms with Crippen molar-refractivity contribution >= 4 is 18.3 Å². The third-order valence-electron chi connectivity index (χ3n) is 8.21. The number of benzene rings is 1. The van der Waals surface area contributed by atoms with E-state index in [0.29, 0.717) is 43.5 Å². The van der Waals surface area contributed by atoms with Gasteiger partial charge in [-0.3, -0.25) is 4.79 Å². The summed E-state index contributed by atoms with van der Waals surface area (Å²) >= 11 is 0. The van der Waals surface area contributed by atoms with Gasteiger partial charge in [-0.25, -0.2) is 0 Å². The normalized spacial score (nSPS) is 20.1. The lowest BCUT2D eigenvalue weighted by atomic mass is 9.70. The lowest BCUT2D eigenvalue weighted by Gasteiger charge is -2.37. The number of aliphatic hydroxyl groups is 2. The molecule has 1 aliphatic carbocycles. The summed E-state index contributed by atoms with van der Waals surface area (Å²) in [6, 6.07) is 5.52. The van der Waals surface area contributed by atoms with Crippen molar-refractivity contribution in [3.8, 4) is 11.5 Å². The second-order valence-electron chi connectivity index (χ2n) is 11.8. The van der Waals surface area contributed by atoms with Gasteiger partial charge in [0.1, 0.15) is 0 Å². The third-order valence-corrected chi connectivity index (χ3v) is 8.21. The Bertz CT molecular complexity index is 853. The van der Waals surface area contributed by atoms with E-state index in [2.05, 4.69) is 19.2 Å². The van der Waals surface area contributed by atoms with Crippen molar-refractivity contribution in [2.75, 3.05) is 34.0 Å². The van der Waals surface area contributed by atoms with Crippen LogP contribution in [-0.2, 0) is 16.0 Å². The summed E-state index contributed by atoms with van der Waals surface area (Å²) in [5, 5.41) is 23.8. The van der Waals surface area contributed by atoms with Gasteiger partial charge in [-0.1, -0.05) is 40.2 Å². The predicted octanol–water partition coefficient (Wildman–Crippen LogP) is 4.12. The van der Waals surface area contributed by atoms with Gasteiger partial charge in [0.05, 0.1) is 25.9 Å². The lowest BCUT2D eigenvalue weighted by Crippen LogP contribution is -2.49. The van der Waals surface area contributed by atoms with Gasteiger partial charge in [0, 0.05) is 38.1 Å². The molecule has 1 fully saturated rings. The number of amides is 1. The molecule has 226 valence electrons. The molecule has 8 nitrogen and oxygen atoms in total. The monoisotopic (exact) mass is 572 g/mol. The fourth-order valence-electron chi connectivity index (χ4n) is 5.33. The predicted molar refractivity (Wildman–Crippen MR) is 158 cm³/mol. The first-order chi connectivity index (χ1) is 18.0. The summed E-state index contributed by atoms with van der Waals surface area (Å²) in [5.41, 5.74) is 6.96. The molecular formula is C30H53ClN2O6. The molecule has 5 atom stereocenters. The highest BCUT2D eigenvalue weighted by Crippen LogP contribution is 2.38. The van der Waals surface area contributed by atoms with Crippen LogP contribution in [0, 0.1) is 23.2 Å². The molecule has 0 aromatic heterocycles. The SMILES string of the molecule is COCCCOc1cc(C[C@@H](C[C@H](N)[C@@H](O)CNC(=O)C(C)(C)[C@@H]2CCC[C@H](O)C2)C(C)C)ccc1OC.Cl. The second kappa shape index (κ2) is 17.3. The molecule has 39 heavy (non-hydrogen) atoms. The summed E-state index contributed by atoms with van der Waals surface area (Å²) in [5.74, 6) is 2.03. The van der Waals surface area contributed by atoms with Crippen LogP contribution in [0.1, 0.15) is 71.8 Å². The molecule has 0 saturated heterocycles. The molecule has 1 saturated carbocycles. The topological polar surface area (TPSA) is 123 Å². The number of carbonyl (C=O) groups is 1. The van der Waals surface area contributed by atoms with Gasteiger partial charge in [0.15, 0.2) is 11.5 Å². The molecule has 1 aliphatic rings. The highest BCUT2D eigenvalue weighted by molar-refractivity contribution is 5.85. The van der Waals surface area contributed by atoms with Gasteiger partial charge < -0.3 is 35.5 Å². The summed E-state index contributed by atoms with van der Waals surface area (Å²) in [7, 11) is 3.31. The molecule has 2 rings (SSSR count). The zero-order valence-corrected chi connectivity index (χ0v) is 25.6. The van der Waals surface area contributed by atoms with Crippen LogP contribution in [0.4, 0.5) is 0 Å². The Morgan fingerprint density at radius 1 is 1.18 bits per heavy atom. The Balaban J connectivity index is 0.00000760. The molecule has 1 amide bonds. The number of carbonyl (C=O) groups excluding carboxylic acids is 1. The average Bonchev–Trinajstić information content (AvgIpc) is 2.89. The molecule has 5 N–H and O–H groups in total. The van der Waals surface area contributed by atoms with Crippen LogP contribution in [0.25, 0.3) is 0 Å². The molecule has 1 aromatic rings. The van der Waals surface area contributed by atoms with Crippen LogP contribution >= 0.6 is 12.4 Å². The first kappa shape index (κ1) is 35.4. The van der Waals surface area contributed by atoms with Crippen molar-refractivity contribution in [2.45, 2.75) is 90.9 Å². The quantitative estimate of drug-likeness (QED) is 0.220. The van der Waals surface area contributed by atoms with E-state index in [1.165, 1.54) is 0 Å². The molecule has 0 spiro atoms. The molecule has 0 heterocycles. The van der Waals surface area contributed by atoms with Crippen LogP contribution in [0.3, 0.4) is 0 Å². The van der Waals surface area contributed by atoms with Crippen LogP contribution < -0.4 is 20.5 Å². The maximum Gasteiger partial charge on any atom is 0.226 e. The zero-order chi connectivity index (χ0) is 28.3. The van der Waals surface area contributed by atoms with E-state index in [1.807, 2.05) is 32.0 Å². The highest BCUT2D eigenvalue weighted by atomic mass is 35.5. The van der Waals surface area contributed by atoms with Gasteiger partial charge in [-0.2, -0.15) is 0 Å². The van der Waals surface area contributed by atoms with E-state index in [1.54, 1.807) is 14.2 Å². The third kappa shape index (κ3) is 11.1. The first-order valence-corrected chi connectivity index (χ1v) is 14.2. The number of ether oxygens (including phenoxy) is 3. The molecule has 0 radical (unpaired) electrons. The van der Waals surface area contributed by atoms with E-state index in [-0.39, 0.29) is 42.8 Å². The number of nitrogens with two attached hydrogens (primary N) is 1. The van der Waals surface area contributed by atoms with Crippen molar-refractivity contribution in [2.24, 2.45) is 28.9 Å². The molecule has 9 heteroatoms. The maximum absolute atomic E-state index is 13.0. The number of hydrogen-bond donors (Lipinski definition) is 4. The smallest absolute Gasteiger partial charge is 0.226 e. The molecule has 0 bridgehead atoms. The second-order valence-corrected chi connectivity index (χ2v) is 11.8. The van der Waals surface area contributed by atoms with E-state index < -0.39 is 17.6 Å². The van der Waals surface area contributed by atoms with Crippen molar-refractivity contribution < 1.29 is 29.2 Å². The zero-order valence-electron chi connectivity index (χ0n) is 24.8. The Morgan fingerprint density at radius 3 is 2.51 bits per heavy atom. The van der Waals surface area contributed by atoms with Crippen molar-refractivity contribution in [1.82, 2.24) is 5.32 Å². The number of methoxy groups -OCH3 is 2. The van der Waals surface area contributed by atoms with Gasteiger partial charge in [0.25, 0.3) is 0 Å². The summed E-state index contributed by atoms with van der Waals surface area (Å²) < 4.78 is 16.5. The Hall–Kier alpha value is -1.58.